The number of nitrogens with zero attached hydrogens (tertiary/aromatic N) is 5. The Balaban J connectivity index is 1.55. The third-order valence-electron chi connectivity index (χ3n) is 4.33. The van der Waals surface area contributed by atoms with E-state index >= 15 is 0 Å². The molecule has 0 aliphatic carbocycles. The van der Waals surface area contributed by atoms with Gasteiger partial charge in [0.1, 0.15) is 18.2 Å². The molecule has 1 fully saturated rings. The number of hydrogen-bond donors (Lipinski definition) is 0. The lowest BCUT2D eigenvalue weighted by molar-refractivity contribution is 0.137. The zero-order valence-electron chi connectivity index (χ0n) is 13.4. The first-order valence-electron chi connectivity index (χ1n) is 8.17. The van der Waals surface area contributed by atoms with Crippen molar-refractivity contribution in [3.63, 3.8) is 0 Å². The number of ether oxygens (including phenoxy) is 1. The van der Waals surface area contributed by atoms with E-state index in [9.17, 15) is 8.78 Å². The van der Waals surface area contributed by atoms with Crippen LogP contribution < -0.4 is 9.64 Å². The first-order valence-corrected chi connectivity index (χ1v) is 8.17. The van der Waals surface area contributed by atoms with E-state index in [1.165, 1.54) is 0 Å². The van der Waals surface area contributed by atoms with Crippen molar-refractivity contribution in [2.75, 3.05) is 18.1 Å². The first-order chi connectivity index (χ1) is 12.2. The van der Waals surface area contributed by atoms with Crippen LogP contribution in [0.1, 0.15) is 25.1 Å². The van der Waals surface area contributed by atoms with Gasteiger partial charge in [-0.1, -0.05) is 18.2 Å². The first kappa shape index (κ1) is 15.7. The minimum absolute atomic E-state index is 0.150. The smallest absolute Gasteiger partial charge is 0.299 e. The van der Waals surface area contributed by atoms with Gasteiger partial charge in [-0.25, -0.2) is 8.78 Å². The molecule has 4 rings (SSSR count). The summed E-state index contributed by atoms with van der Waals surface area (Å²) < 4.78 is 33.0. The predicted octanol–water partition coefficient (Wildman–Crippen LogP) is 3.11. The molecule has 0 spiro atoms. The van der Waals surface area contributed by atoms with Crippen LogP contribution in [0.3, 0.4) is 0 Å². The van der Waals surface area contributed by atoms with E-state index in [2.05, 4.69) is 20.2 Å². The summed E-state index contributed by atoms with van der Waals surface area (Å²) in [5, 5.41) is 11.6. The molecule has 0 amide bonds. The number of aromatic nitrogens is 4. The molecular formula is C17H17F2N5O. The molecule has 8 heteroatoms. The highest BCUT2D eigenvalue weighted by Crippen LogP contribution is 2.26. The van der Waals surface area contributed by atoms with Crippen molar-refractivity contribution in [2.45, 2.75) is 25.3 Å². The van der Waals surface area contributed by atoms with Gasteiger partial charge in [0.2, 0.25) is 5.82 Å². The fourth-order valence-corrected chi connectivity index (χ4v) is 3.10. The number of fused-ring (bicyclic) bond motifs is 1. The Labute approximate surface area is 143 Å². The molecule has 6 nitrogen and oxygen atoms in total. The van der Waals surface area contributed by atoms with E-state index in [1.54, 1.807) is 12.1 Å². The van der Waals surface area contributed by atoms with Gasteiger partial charge in [-0.2, -0.15) is 4.52 Å². The highest BCUT2D eigenvalue weighted by molar-refractivity contribution is 5.47. The van der Waals surface area contributed by atoms with Crippen LogP contribution in [-0.2, 0) is 0 Å². The molecule has 3 heterocycles. The van der Waals surface area contributed by atoms with Crippen LogP contribution in [-0.4, -0.2) is 39.0 Å². The monoisotopic (exact) mass is 345 g/mol. The summed E-state index contributed by atoms with van der Waals surface area (Å²) in [6, 6.07) is 13.2. The van der Waals surface area contributed by atoms with Gasteiger partial charge >= 0.3 is 0 Å². The molecular weight excluding hydrogens is 328 g/mol. The van der Waals surface area contributed by atoms with E-state index in [0.29, 0.717) is 18.1 Å². The van der Waals surface area contributed by atoms with Crippen LogP contribution in [0, 0.1) is 0 Å². The van der Waals surface area contributed by atoms with E-state index in [0.717, 1.165) is 29.7 Å². The van der Waals surface area contributed by atoms with Gasteiger partial charge in [-0.3, -0.25) is 0 Å². The number of hydrogen-bond acceptors (Lipinski definition) is 5. The van der Waals surface area contributed by atoms with Gasteiger partial charge in [-0.15, -0.1) is 15.3 Å². The molecule has 1 aliphatic heterocycles. The lowest BCUT2D eigenvalue weighted by Gasteiger charge is -2.25. The van der Waals surface area contributed by atoms with Crippen LogP contribution in [0.5, 0.6) is 5.75 Å². The van der Waals surface area contributed by atoms with Crippen molar-refractivity contribution in [1.29, 1.82) is 0 Å². The Bertz CT molecular complexity index is 855. The van der Waals surface area contributed by atoms with Crippen molar-refractivity contribution < 1.29 is 13.5 Å². The summed E-state index contributed by atoms with van der Waals surface area (Å²) in [4.78, 5) is 2.09. The standard InChI is InChI=1S/C17H17F2N5O/c18-16(19)17-21-20-14-8-9-15(22-24(14)17)23-10-4-5-12(23)11-25-13-6-2-1-3-7-13/h1-3,6-9,12,16H,4-5,10-11H2/t12-/m0/s1. The summed E-state index contributed by atoms with van der Waals surface area (Å²) in [7, 11) is 0. The Morgan fingerprint density at radius 2 is 1.96 bits per heavy atom. The second kappa shape index (κ2) is 6.62. The second-order valence-corrected chi connectivity index (χ2v) is 5.93. The fraction of sp³-hybridized carbons (Fsp3) is 0.353. The Kier molecular flexibility index (Phi) is 4.17. The third-order valence-corrected chi connectivity index (χ3v) is 4.33. The van der Waals surface area contributed by atoms with Crippen LogP contribution in [0.2, 0.25) is 0 Å². The third kappa shape index (κ3) is 3.11. The van der Waals surface area contributed by atoms with Crippen LogP contribution in [0.25, 0.3) is 5.65 Å². The van der Waals surface area contributed by atoms with Crippen LogP contribution in [0.15, 0.2) is 42.5 Å². The van der Waals surface area contributed by atoms with Gasteiger partial charge in [0.25, 0.3) is 6.43 Å². The number of benzene rings is 1. The summed E-state index contributed by atoms with van der Waals surface area (Å²) >= 11 is 0. The quantitative estimate of drug-likeness (QED) is 0.711. The second-order valence-electron chi connectivity index (χ2n) is 5.93. The summed E-state index contributed by atoms with van der Waals surface area (Å²) in [6.07, 6.45) is -0.739. The molecule has 0 unspecified atom stereocenters. The van der Waals surface area contributed by atoms with Gasteiger partial charge in [0.05, 0.1) is 6.04 Å². The van der Waals surface area contributed by atoms with E-state index < -0.39 is 12.2 Å². The average Bonchev–Trinajstić information content (AvgIpc) is 3.27. The molecule has 1 saturated heterocycles. The maximum absolute atomic E-state index is 13.0. The fourth-order valence-electron chi connectivity index (χ4n) is 3.10. The van der Waals surface area contributed by atoms with Gasteiger partial charge in [0, 0.05) is 6.54 Å². The van der Waals surface area contributed by atoms with E-state index in [4.69, 9.17) is 4.74 Å². The topological polar surface area (TPSA) is 55.5 Å². The lowest BCUT2D eigenvalue weighted by atomic mass is 10.2. The lowest BCUT2D eigenvalue weighted by Crippen LogP contribution is -2.35. The summed E-state index contributed by atoms with van der Waals surface area (Å²) in [5.41, 5.74) is 0.315. The molecule has 0 radical (unpaired) electrons. The molecule has 1 aromatic carbocycles. The van der Waals surface area contributed by atoms with Crippen molar-refractivity contribution in [2.24, 2.45) is 0 Å². The summed E-state index contributed by atoms with van der Waals surface area (Å²) in [5.74, 6) is 1.01. The minimum Gasteiger partial charge on any atom is -0.491 e. The van der Waals surface area contributed by atoms with E-state index in [1.807, 2.05) is 30.3 Å². The Morgan fingerprint density at radius 1 is 1.12 bits per heavy atom. The van der Waals surface area contributed by atoms with Crippen molar-refractivity contribution in [3.05, 3.63) is 48.3 Å². The van der Waals surface area contributed by atoms with Gasteiger partial charge < -0.3 is 9.64 Å². The minimum atomic E-state index is -2.71. The average molecular weight is 345 g/mol. The largest absolute Gasteiger partial charge is 0.491 e. The SMILES string of the molecule is FC(F)c1nnc2ccc(N3CCC[C@H]3COc3ccccc3)nn12. The number of anilines is 1. The predicted molar refractivity (Wildman–Crippen MR) is 88.0 cm³/mol. The molecule has 1 atom stereocenters. The molecule has 130 valence electrons. The van der Waals surface area contributed by atoms with Crippen molar-refractivity contribution in [1.82, 2.24) is 19.8 Å². The Hall–Kier alpha value is -2.77. The zero-order chi connectivity index (χ0) is 17.2. The molecule has 1 aliphatic rings. The maximum Gasteiger partial charge on any atom is 0.299 e. The molecule has 0 bridgehead atoms. The zero-order valence-corrected chi connectivity index (χ0v) is 13.4. The molecule has 25 heavy (non-hydrogen) atoms. The normalized spacial score (nSPS) is 17.6. The van der Waals surface area contributed by atoms with Gasteiger partial charge in [-0.05, 0) is 37.1 Å². The van der Waals surface area contributed by atoms with Crippen molar-refractivity contribution in [3.8, 4) is 5.75 Å². The highest BCUT2D eigenvalue weighted by Gasteiger charge is 2.27. The molecule has 0 saturated carbocycles. The highest BCUT2D eigenvalue weighted by atomic mass is 19.3. The molecule has 2 aromatic heterocycles. The number of halogens is 2. The number of alkyl halides is 2. The molecule has 0 N–H and O–H groups in total. The maximum atomic E-state index is 13.0. The van der Waals surface area contributed by atoms with Crippen LogP contribution in [0.4, 0.5) is 14.6 Å². The number of para-hydroxylation sites is 1. The van der Waals surface area contributed by atoms with Crippen LogP contribution >= 0.6 is 0 Å². The van der Waals surface area contributed by atoms with Crippen molar-refractivity contribution >= 4 is 11.5 Å². The van der Waals surface area contributed by atoms with Gasteiger partial charge in [0.15, 0.2) is 5.65 Å². The summed E-state index contributed by atoms with van der Waals surface area (Å²) in [6.45, 7) is 1.33. The number of rotatable bonds is 5. The Morgan fingerprint density at radius 3 is 2.76 bits per heavy atom. The molecule has 3 aromatic rings. The van der Waals surface area contributed by atoms with E-state index in [-0.39, 0.29) is 6.04 Å².